The van der Waals surface area contributed by atoms with Crippen molar-refractivity contribution >= 4 is 23.2 Å². The van der Waals surface area contributed by atoms with E-state index in [4.69, 9.17) is 0 Å². The Morgan fingerprint density at radius 3 is 3.06 bits per heavy atom. The fourth-order valence-corrected chi connectivity index (χ4v) is 3.44. The van der Waals surface area contributed by atoms with Gasteiger partial charge in [0.2, 0.25) is 11.8 Å². The first-order valence-electron chi connectivity index (χ1n) is 6.14. The molecule has 2 aliphatic rings. The molecule has 2 saturated heterocycles. The van der Waals surface area contributed by atoms with E-state index >= 15 is 0 Å². The Bertz CT molecular complexity index is 499. The Morgan fingerprint density at radius 1 is 1.50 bits per heavy atom. The first-order valence-corrected chi connectivity index (χ1v) is 7.02. The molecule has 2 aliphatic heterocycles. The molecule has 3 heterocycles. The summed E-state index contributed by atoms with van der Waals surface area (Å²) >= 11 is 1.54. The van der Waals surface area contributed by atoms with Gasteiger partial charge in [-0.2, -0.15) is 0 Å². The highest BCUT2D eigenvalue weighted by Crippen LogP contribution is 2.25. The van der Waals surface area contributed by atoms with Gasteiger partial charge in [0.15, 0.2) is 0 Å². The number of carbonyl (C=O) groups excluding carboxylic acids is 2. The zero-order valence-electron chi connectivity index (χ0n) is 10.3. The van der Waals surface area contributed by atoms with Gasteiger partial charge < -0.3 is 9.80 Å². The molecule has 5 nitrogen and oxygen atoms in total. The molecular weight excluding hydrogens is 250 g/mol. The molecule has 1 aromatic heterocycles. The average molecular weight is 265 g/mol. The van der Waals surface area contributed by atoms with Crippen LogP contribution in [0.1, 0.15) is 23.4 Å². The van der Waals surface area contributed by atoms with Gasteiger partial charge in [-0.3, -0.25) is 9.59 Å². The van der Waals surface area contributed by atoms with Gasteiger partial charge >= 0.3 is 0 Å². The number of carbonyl (C=O) groups is 2. The molecule has 3 rings (SSSR count). The van der Waals surface area contributed by atoms with E-state index in [-0.39, 0.29) is 24.4 Å². The summed E-state index contributed by atoms with van der Waals surface area (Å²) in [4.78, 5) is 32.9. The second-order valence-electron chi connectivity index (χ2n) is 4.80. The van der Waals surface area contributed by atoms with Crippen LogP contribution in [0.25, 0.3) is 0 Å². The van der Waals surface area contributed by atoms with E-state index in [1.54, 1.807) is 26.6 Å². The summed E-state index contributed by atoms with van der Waals surface area (Å²) in [6.07, 6.45) is 1.75. The van der Waals surface area contributed by atoms with Crippen molar-refractivity contribution in [2.45, 2.75) is 32.4 Å². The third-order valence-corrected chi connectivity index (χ3v) is 4.60. The average Bonchev–Trinajstić information content (AvgIpc) is 2.96. The molecule has 1 unspecified atom stereocenters. The number of aromatic nitrogens is 1. The lowest BCUT2D eigenvalue weighted by Crippen LogP contribution is -2.56. The van der Waals surface area contributed by atoms with E-state index in [9.17, 15) is 9.59 Å². The highest BCUT2D eigenvalue weighted by atomic mass is 32.1. The van der Waals surface area contributed by atoms with Gasteiger partial charge in [-0.15, -0.1) is 11.3 Å². The fraction of sp³-hybridized carbons (Fsp3) is 0.583. The lowest BCUT2D eigenvalue weighted by atomic mass is 10.1. The van der Waals surface area contributed by atoms with Gasteiger partial charge in [0.25, 0.3) is 0 Å². The summed E-state index contributed by atoms with van der Waals surface area (Å²) in [5.41, 5.74) is 2.73. The van der Waals surface area contributed by atoms with Crippen molar-refractivity contribution in [2.75, 3.05) is 13.1 Å². The molecule has 0 aromatic carbocycles. The molecule has 0 spiro atoms. The van der Waals surface area contributed by atoms with Crippen molar-refractivity contribution in [1.82, 2.24) is 14.8 Å². The molecule has 0 saturated carbocycles. The molecule has 0 bridgehead atoms. The summed E-state index contributed by atoms with van der Waals surface area (Å²) in [6, 6.07) is -0.209. The highest BCUT2D eigenvalue weighted by molar-refractivity contribution is 7.09. The second-order valence-corrected chi connectivity index (χ2v) is 5.74. The molecule has 18 heavy (non-hydrogen) atoms. The lowest BCUT2D eigenvalue weighted by molar-refractivity contribution is -0.154. The predicted molar refractivity (Wildman–Crippen MR) is 67.0 cm³/mol. The van der Waals surface area contributed by atoms with Crippen LogP contribution in [-0.4, -0.2) is 45.7 Å². The van der Waals surface area contributed by atoms with Gasteiger partial charge in [-0.25, -0.2) is 4.98 Å². The number of hydrogen-bond acceptors (Lipinski definition) is 4. The molecule has 96 valence electrons. The van der Waals surface area contributed by atoms with Crippen molar-refractivity contribution in [3.8, 4) is 0 Å². The molecular formula is C12H15N3O2S. The number of amides is 2. The predicted octanol–water partition coefficient (Wildman–Crippen LogP) is 0.785. The summed E-state index contributed by atoms with van der Waals surface area (Å²) in [7, 11) is 0. The Labute approximate surface area is 109 Å². The monoisotopic (exact) mass is 265 g/mol. The molecule has 1 aromatic rings. The maximum atomic E-state index is 12.3. The minimum atomic E-state index is -0.209. The zero-order valence-corrected chi connectivity index (χ0v) is 11.1. The van der Waals surface area contributed by atoms with Gasteiger partial charge in [0.05, 0.1) is 17.7 Å². The van der Waals surface area contributed by atoms with Gasteiger partial charge in [0, 0.05) is 11.4 Å². The molecule has 2 amide bonds. The van der Waals surface area contributed by atoms with Gasteiger partial charge in [-0.1, -0.05) is 0 Å². The van der Waals surface area contributed by atoms with Crippen LogP contribution in [0.15, 0.2) is 5.51 Å². The first kappa shape index (κ1) is 11.6. The van der Waals surface area contributed by atoms with Gasteiger partial charge in [0.1, 0.15) is 12.6 Å². The van der Waals surface area contributed by atoms with E-state index < -0.39 is 0 Å². The van der Waals surface area contributed by atoms with E-state index in [1.807, 2.05) is 6.92 Å². The largest absolute Gasteiger partial charge is 0.329 e. The normalized spacial score (nSPS) is 23.7. The molecule has 2 fully saturated rings. The van der Waals surface area contributed by atoms with Crippen molar-refractivity contribution in [1.29, 1.82) is 0 Å². The number of thiazole rings is 1. The zero-order chi connectivity index (χ0) is 12.7. The summed E-state index contributed by atoms with van der Waals surface area (Å²) < 4.78 is 0. The topological polar surface area (TPSA) is 53.5 Å². The minimum Gasteiger partial charge on any atom is -0.329 e. The van der Waals surface area contributed by atoms with Gasteiger partial charge in [-0.05, 0) is 19.8 Å². The third-order valence-electron chi connectivity index (χ3n) is 3.68. The fourth-order valence-electron chi connectivity index (χ4n) is 2.65. The van der Waals surface area contributed by atoms with Crippen LogP contribution < -0.4 is 0 Å². The van der Waals surface area contributed by atoms with Crippen molar-refractivity contribution in [2.24, 2.45) is 0 Å². The number of aryl methyl sites for hydroxylation is 1. The quantitative estimate of drug-likeness (QED) is 0.794. The second kappa shape index (κ2) is 4.35. The van der Waals surface area contributed by atoms with E-state index in [2.05, 4.69) is 4.98 Å². The van der Waals surface area contributed by atoms with E-state index in [0.29, 0.717) is 6.54 Å². The van der Waals surface area contributed by atoms with Crippen LogP contribution in [0.4, 0.5) is 0 Å². The van der Waals surface area contributed by atoms with E-state index in [0.717, 1.165) is 30.0 Å². The summed E-state index contributed by atoms with van der Waals surface area (Å²) in [6.45, 7) is 3.41. The van der Waals surface area contributed by atoms with Crippen LogP contribution in [0, 0.1) is 6.92 Å². The van der Waals surface area contributed by atoms with Crippen molar-refractivity contribution in [3.05, 3.63) is 16.1 Å². The van der Waals surface area contributed by atoms with Crippen molar-refractivity contribution in [3.63, 3.8) is 0 Å². The Kier molecular flexibility index (Phi) is 2.81. The Morgan fingerprint density at radius 2 is 2.33 bits per heavy atom. The number of nitrogens with zero attached hydrogens (tertiary/aromatic N) is 3. The number of rotatable bonds is 2. The third kappa shape index (κ3) is 1.80. The van der Waals surface area contributed by atoms with Crippen LogP contribution in [0.2, 0.25) is 0 Å². The number of piperazine rings is 1. The molecule has 0 N–H and O–H groups in total. The first-order chi connectivity index (χ1) is 8.66. The smallest absolute Gasteiger partial charge is 0.246 e. The maximum absolute atomic E-state index is 12.3. The summed E-state index contributed by atoms with van der Waals surface area (Å²) in [5.74, 6) is 0.180. The minimum absolute atomic E-state index is 0.0827. The van der Waals surface area contributed by atoms with Crippen LogP contribution in [0.5, 0.6) is 0 Å². The van der Waals surface area contributed by atoms with Crippen LogP contribution >= 0.6 is 11.3 Å². The summed E-state index contributed by atoms with van der Waals surface area (Å²) in [5, 5.41) is 0. The molecule has 6 heteroatoms. The number of hydrogen-bond donors (Lipinski definition) is 0. The Hall–Kier alpha value is -1.43. The van der Waals surface area contributed by atoms with Crippen molar-refractivity contribution < 1.29 is 9.59 Å². The lowest BCUT2D eigenvalue weighted by Gasteiger charge is -2.36. The molecule has 0 aliphatic carbocycles. The molecule has 0 radical (unpaired) electrons. The van der Waals surface area contributed by atoms with Crippen LogP contribution in [0.3, 0.4) is 0 Å². The highest BCUT2D eigenvalue weighted by Gasteiger charge is 2.41. The maximum Gasteiger partial charge on any atom is 0.246 e. The SMILES string of the molecule is Cc1ncsc1CN1CC(=O)N2CCCC2C1=O. The van der Waals surface area contributed by atoms with Crippen LogP contribution in [-0.2, 0) is 16.1 Å². The molecule has 1 atom stereocenters. The standard InChI is InChI=1S/C12H15N3O2S/c1-8-10(18-7-13-8)5-14-6-11(16)15-4-2-3-9(15)12(14)17/h7,9H,2-6H2,1H3. The van der Waals surface area contributed by atoms with E-state index in [1.165, 1.54) is 0 Å². The Balaban J connectivity index is 1.79. The number of fused-ring (bicyclic) bond motifs is 1.